The van der Waals surface area contributed by atoms with Gasteiger partial charge < -0.3 is 0 Å². The molecular formula is C13H13BrN+. The molecule has 0 aliphatic heterocycles. The molecule has 2 aromatic rings. The summed E-state index contributed by atoms with van der Waals surface area (Å²) in [7, 11) is 0. The van der Waals surface area contributed by atoms with Crippen LogP contribution in [-0.2, 0) is 0 Å². The summed E-state index contributed by atoms with van der Waals surface area (Å²) in [4.78, 5) is 0.208. The molecule has 2 heteroatoms. The predicted molar refractivity (Wildman–Crippen MR) is 64.9 cm³/mol. The minimum Gasteiger partial charge on any atom is -0.188 e. The Bertz CT molecular complexity index is 422. The topological polar surface area (TPSA) is 3.88 Å². The number of pyridine rings is 1. The van der Waals surface area contributed by atoms with Crippen molar-refractivity contribution in [3.05, 3.63) is 66.0 Å². The second kappa shape index (κ2) is 4.58. The van der Waals surface area contributed by atoms with Crippen LogP contribution in [-0.4, -0.2) is 0 Å². The van der Waals surface area contributed by atoms with Crippen molar-refractivity contribution in [2.45, 2.75) is 11.9 Å². The van der Waals surface area contributed by atoms with Gasteiger partial charge in [0.05, 0.1) is 0 Å². The van der Waals surface area contributed by atoms with Gasteiger partial charge in [-0.1, -0.05) is 35.9 Å². The smallest absolute Gasteiger partial charge is 0.188 e. The zero-order valence-electron chi connectivity index (χ0n) is 8.60. The fourth-order valence-electron chi connectivity index (χ4n) is 1.46. The number of benzene rings is 1. The van der Waals surface area contributed by atoms with Gasteiger partial charge in [0, 0.05) is 17.7 Å². The van der Waals surface area contributed by atoms with Crippen molar-refractivity contribution in [3.8, 4) is 0 Å². The van der Waals surface area contributed by atoms with E-state index >= 15 is 0 Å². The summed E-state index contributed by atoms with van der Waals surface area (Å²) in [5.74, 6) is 0. The molecule has 1 aromatic heterocycles. The van der Waals surface area contributed by atoms with E-state index in [1.54, 1.807) is 0 Å². The minimum atomic E-state index is 0.208. The van der Waals surface area contributed by atoms with Gasteiger partial charge >= 0.3 is 0 Å². The van der Waals surface area contributed by atoms with E-state index in [0.717, 1.165) is 0 Å². The van der Waals surface area contributed by atoms with Crippen LogP contribution >= 0.6 is 15.9 Å². The van der Waals surface area contributed by atoms with Gasteiger partial charge in [-0.25, -0.2) is 0 Å². The Hall–Kier alpha value is -1.15. The van der Waals surface area contributed by atoms with Crippen LogP contribution < -0.4 is 4.57 Å². The highest BCUT2D eigenvalue weighted by atomic mass is 79.9. The quantitative estimate of drug-likeness (QED) is 0.578. The van der Waals surface area contributed by atoms with Gasteiger partial charge in [-0.05, 0) is 22.9 Å². The van der Waals surface area contributed by atoms with Crippen molar-refractivity contribution in [1.29, 1.82) is 0 Å². The standard InChI is InChI=1S/C13H13BrN/c1-11-5-7-12(8-6-11)13(14)15-9-3-2-4-10-15/h2-10,13H,1H3/q+1/t13-/m0/s1. The first-order chi connectivity index (χ1) is 7.27. The molecule has 1 aromatic carbocycles. The number of halogens is 1. The second-order valence-electron chi connectivity index (χ2n) is 3.57. The molecule has 1 heterocycles. The van der Waals surface area contributed by atoms with E-state index in [0.29, 0.717) is 0 Å². The molecule has 0 unspecified atom stereocenters. The number of rotatable bonds is 2. The van der Waals surface area contributed by atoms with Gasteiger partial charge in [-0.3, -0.25) is 0 Å². The van der Waals surface area contributed by atoms with Gasteiger partial charge in [0.1, 0.15) is 0 Å². The van der Waals surface area contributed by atoms with Gasteiger partial charge in [0.2, 0.25) is 4.95 Å². The van der Waals surface area contributed by atoms with Gasteiger partial charge in [-0.2, -0.15) is 4.57 Å². The molecule has 1 atom stereocenters. The second-order valence-corrected chi connectivity index (χ2v) is 4.44. The lowest BCUT2D eigenvalue weighted by molar-refractivity contribution is -0.689. The molecule has 15 heavy (non-hydrogen) atoms. The van der Waals surface area contributed by atoms with Crippen molar-refractivity contribution in [1.82, 2.24) is 0 Å². The molecule has 2 rings (SSSR count). The Labute approximate surface area is 98.5 Å². The van der Waals surface area contributed by atoms with E-state index < -0.39 is 0 Å². The maximum atomic E-state index is 3.68. The van der Waals surface area contributed by atoms with Crippen LogP contribution in [0, 0.1) is 6.92 Å². The van der Waals surface area contributed by atoms with E-state index in [-0.39, 0.29) is 4.95 Å². The molecule has 0 radical (unpaired) electrons. The van der Waals surface area contributed by atoms with E-state index in [9.17, 15) is 0 Å². The Morgan fingerprint density at radius 1 is 1.00 bits per heavy atom. The summed E-state index contributed by atoms with van der Waals surface area (Å²) in [6.07, 6.45) is 4.11. The third kappa shape index (κ3) is 2.45. The van der Waals surface area contributed by atoms with Crippen LogP contribution in [0.3, 0.4) is 0 Å². The maximum Gasteiger partial charge on any atom is 0.237 e. The molecular weight excluding hydrogens is 250 g/mol. The molecule has 0 aliphatic carbocycles. The highest BCUT2D eigenvalue weighted by Gasteiger charge is 2.15. The van der Waals surface area contributed by atoms with Crippen LogP contribution in [0.1, 0.15) is 16.1 Å². The monoisotopic (exact) mass is 262 g/mol. The third-order valence-corrected chi connectivity index (χ3v) is 3.35. The normalized spacial score (nSPS) is 12.4. The van der Waals surface area contributed by atoms with E-state index in [1.807, 2.05) is 18.2 Å². The molecule has 0 amide bonds. The summed E-state index contributed by atoms with van der Waals surface area (Å²) in [6.45, 7) is 2.10. The molecule has 0 spiro atoms. The van der Waals surface area contributed by atoms with E-state index in [1.165, 1.54) is 11.1 Å². The molecule has 0 fully saturated rings. The average molecular weight is 263 g/mol. The van der Waals surface area contributed by atoms with Gasteiger partial charge in [0.15, 0.2) is 12.4 Å². The Kier molecular flexibility index (Phi) is 3.17. The van der Waals surface area contributed by atoms with E-state index in [4.69, 9.17) is 0 Å². The summed E-state index contributed by atoms with van der Waals surface area (Å²) in [5, 5.41) is 0. The van der Waals surface area contributed by atoms with E-state index in [2.05, 4.69) is 64.1 Å². The zero-order valence-corrected chi connectivity index (χ0v) is 10.2. The predicted octanol–water partition coefficient (Wildman–Crippen LogP) is 3.22. The third-order valence-electron chi connectivity index (χ3n) is 2.35. The van der Waals surface area contributed by atoms with Crippen LogP contribution in [0.2, 0.25) is 0 Å². The van der Waals surface area contributed by atoms with Crippen molar-refractivity contribution >= 4 is 15.9 Å². The van der Waals surface area contributed by atoms with Crippen molar-refractivity contribution < 1.29 is 4.57 Å². The number of hydrogen-bond acceptors (Lipinski definition) is 0. The fourth-order valence-corrected chi connectivity index (χ4v) is 2.04. The first-order valence-corrected chi connectivity index (χ1v) is 5.85. The number of alkyl halides is 1. The fraction of sp³-hybridized carbons (Fsp3) is 0.154. The van der Waals surface area contributed by atoms with Crippen LogP contribution in [0.15, 0.2) is 54.9 Å². The van der Waals surface area contributed by atoms with Crippen LogP contribution in [0.5, 0.6) is 0 Å². The molecule has 0 N–H and O–H groups in total. The highest BCUT2D eigenvalue weighted by molar-refractivity contribution is 9.09. The Morgan fingerprint density at radius 3 is 2.20 bits per heavy atom. The summed E-state index contributed by atoms with van der Waals surface area (Å²) in [5.41, 5.74) is 2.55. The summed E-state index contributed by atoms with van der Waals surface area (Å²) >= 11 is 3.68. The lowest BCUT2D eigenvalue weighted by Crippen LogP contribution is -2.35. The number of nitrogens with zero attached hydrogens (tertiary/aromatic N) is 1. The summed E-state index contributed by atoms with van der Waals surface area (Å²) < 4.78 is 2.13. The SMILES string of the molecule is Cc1ccc([C@@H](Br)[n+]2ccccc2)cc1. The molecule has 0 bridgehead atoms. The van der Waals surface area contributed by atoms with Crippen LogP contribution in [0.25, 0.3) is 0 Å². The highest BCUT2D eigenvalue weighted by Crippen LogP contribution is 2.18. The largest absolute Gasteiger partial charge is 0.237 e. The van der Waals surface area contributed by atoms with Gasteiger partial charge in [-0.15, -0.1) is 0 Å². The van der Waals surface area contributed by atoms with Gasteiger partial charge in [0.25, 0.3) is 0 Å². The van der Waals surface area contributed by atoms with Crippen molar-refractivity contribution in [2.24, 2.45) is 0 Å². The molecule has 0 saturated carbocycles. The Balaban J connectivity index is 2.29. The molecule has 1 nitrogen and oxygen atoms in total. The number of hydrogen-bond donors (Lipinski definition) is 0. The zero-order chi connectivity index (χ0) is 10.7. The number of aromatic nitrogens is 1. The van der Waals surface area contributed by atoms with Crippen molar-refractivity contribution in [3.63, 3.8) is 0 Å². The first-order valence-electron chi connectivity index (χ1n) is 4.94. The molecule has 0 saturated heterocycles. The molecule has 76 valence electrons. The Morgan fingerprint density at radius 2 is 1.60 bits per heavy atom. The lowest BCUT2D eigenvalue weighted by atomic mass is 10.1. The average Bonchev–Trinajstić information content (AvgIpc) is 2.30. The number of aryl methyl sites for hydroxylation is 1. The first kappa shape index (κ1) is 10.4. The maximum absolute atomic E-state index is 3.68. The molecule has 0 aliphatic rings. The van der Waals surface area contributed by atoms with Crippen molar-refractivity contribution in [2.75, 3.05) is 0 Å². The minimum absolute atomic E-state index is 0.208. The lowest BCUT2D eigenvalue weighted by Gasteiger charge is -2.05. The summed E-state index contributed by atoms with van der Waals surface area (Å²) in [6, 6.07) is 14.6. The van der Waals surface area contributed by atoms with Crippen LogP contribution in [0.4, 0.5) is 0 Å².